The van der Waals surface area contributed by atoms with Gasteiger partial charge in [-0.25, -0.2) is 0 Å². The van der Waals surface area contributed by atoms with Crippen LogP contribution in [0.2, 0.25) is 0 Å². The number of anilines is 1. The van der Waals surface area contributed by atoms with Crippen LogP contribution in [-0.4, -0.2) is 11.7 Å². The second-order valence-electron chi connectivity index (χ2n) is 4.03. The van der Waals surface area contributed by atoms with Crippen LogP contribution in [0.5, 0.6) is 5.75 Å². The number of rotatable bonds is 4. The van der Waals surface area contributed by atoms with E-state index in [0.29, 0.717) is 6.54 Å². The largest absolute Gasteiger partial charge is 0.496 e. The number of nitrogens with zero attached hydrogens (tertiary/aromatic N) is 1. The molecule has 1 heterocycles. The molecule has 4 heteroatoms. The van der Waals surface area contributed by atoms with Gasteiger partial charge in [0.15, 0.2) is 0 Å². The Labute approximate surface area is 106 Å². The Morgan fingerprint density at radius 2 is 2.00 bits per heavy atom. The normalized spacial score (nSPS) is 10.1. The van der Waals surface area contributed by atoms with Gasteiger partial charge in [-0.1, -0.05) is 18.2 Å². The van der Waals surface area contributed by atoms with Gasteiger partial charge in [-0.15, -0.1) is 0 Å². The molecule has 1 aromatic carbocycles. The van der Waals surface area contributed by atoms with E-state index in [0.717, 1.165) is 17.0 Å². The second-order valence-corrected chi connectivity index (χ2v) is 4.03. The molecule has 2 rings (SSSR count). The van der Waals surface area contributed by atoms with Crippen molar-refractivity contribution in [3.05, 3.63) is 58.5 Å². The average molecular weight is 244 g/mol. The minimum atomic E-state index is -0.0159. The maximum Gasteiger partial charge on any atom is 0.250 e. The molecule has 0 atom stereocenters. The third kappa shape index (κ3) is 2.71. The summed E-state index contributed by atoms with van der Waals surface area (Å²) < 4.78 is 6.83. The number of para-hydroxylation sites is 1. The first-order valence-corrected chi connectivity index (χ1v) is 5.73. The number of benzene rings is 1. The van der Waals surface area contributed by atoms with Crippen LogP contribution in [0, 0.1) is 0 Å². The van der Waals surface area contributed by atoms with Gasteiger partial charge in [-0.05, 0) is 12.1 Å². The third-order valence-corrected chi connectivity index (χ3v) is 2.76. The number of nitrogens with one attached hydrogen (secondary N) is 1. The van der Waals surface area contributed by atoms with Gasteiger partial charge >= 0.3 is 0 Å². The van der Waals surface area contributed by atoms with Crippen LogP contribution >= 0.6 is 0 Å². The molecular formula is C14H16N2O2. The van der Waals surface area contributed by atoms with Crippen molar-refractivity contribution in [3.8, 4) is 5.75 Å². The molecule has 0 spiro atoms. The van der Waals surface area contributed by atoms with Crippen LogP contribution in [-0.2, 0) is 13.6 Å². The van der Waals surface area contributed by atoms with Gasteiger partial charge in [0.25, 0.3) is 0 Å². The first kappa shape index (κ1) is 12.2. The highest BCUT2D eigenvalue weighted by Crippen LogP contribution is 2.18. The van der Waals surface area contributed by atoms with E-state index in [-0.39, 0.29) is 5.56 Å². The Morgan fingerprint density at radius 1 is 1.22 bits per heavy atom. The molecule has 2 aromatic rings. The number of aryl methyl sites for hydroxylation is 1. The smallest absolute Gasteiger partial charge is 0.250 e. The molecule has 0 aliphatic heterocycles. The summed E-state index contributed by atoms with van der Waals surface area (Å²) in [6.07, 6.45) is 1.78. The summed E-state index contributed by atoms with van der Waals surface area (Å²) in [5, 5.41) is 3.26. The van der Waals surface area contributed by atoms with Crippen LogP contribution in [0.1, 0.15) is 5.56 Å². The van der Waals surface area contributed by atoms with Crippen molar-refractivity contribution in [2.24, 2.45) is 7.05 Å². The summed E-state index contributed by atoms with van der Waals surface area (Å²) in [6.45, 7) is 0.655. The lowest BCUT2D eigenvalue weighted by Gasteiger charge is -2.10. The topological polar surface area (TPSA) is 43.3 Å². The average Bonchev–Trinajstić information content (AvgIpc) is 2.40. The summed E-state index contributed by atoms with van der Waals surface area (Å²) in [5.41, 5.74) is 1.97. The summed E-state index contributed by atoms with van der Waals surface area (Å²) in [4.78, 5) is 11.3. The number of hydrogen-bond donors (Lipinski definition) is 1. The van der Waals surface area contributed by atoms with E-state index >= 15 is 0 Å². The summed E-state index contributed by atoms with van der Waals surface area (Å²) >= 11 is 0. The lowest BCUT2D eigenvalue weighted by atomic mass is 10.2. The van der Waals surface area contributed by atoms with Crippen LogP contribution in [0.15, 0.2) is 47.4 Å². The Morgan fingerprint density at radius 3 is 2.72 bits per heavy atom. The number of hydrogen-bond acceptors (Lipinski definition) is 3. The number of pyridine rings is 1. The van der Waals surface area contributed by atoms with Gasteiger partial charge in [0, 0.05) is 31.4 Å². The Bertz CT molecular complexity index is 590. The Hall–Kier alpha value is -2.23. The quantitative estimate of drug-likeness (QED) is 0.894. The van der Waals surface area contributed by atoms with E-state index in [2.05, 4.69) is 5.32 Å². The SMILES string of the molecule is COc1ccccc1CNc1ccc(=O)n(C)c1. The van der Waals surface area contributed by atoms with Crippen molar-refractivity contribution in [1.29, 1.82) is 0 Å². The van der Waals surface area contributed by atoms with Crippen molar-refractivity contribution in [1.82, 2.24) is 4.57 Å². The lowest BCUT2D eigenvalue weighted by Crippen LogP contribution is -2.15. The minimum Gasteiger partial charge on any atom is -0.496 e. The fraction of sp³-hybridized carbons (Fsp3) is 0.214. The molecular weight excluding hydrogens is 228 g/mol. The second kappa shape index (κ2) is 5.40. The predicted molar refractivity (Wildman–Crippen MR) is 72.0 cm³/mol. The van der Waals surface area contributed by atoms with E-state index < -0.39 is 0 Å². The number of methoxy groups -OCH3 is 1. The highest BCUT2D eigenvalue weighted by Gasteiger charge is 2.01. The first-order valence-electron chi connectivity index (χ1n) is 5.73. The molecule has 0 saturated heterocycles. The molecule has 0 aliphatic carbocycles. The van der Waals surface area contributed by atoms with Gasteiger partial charge < -0.3 is 14.6 Å². The van der Waals surface area contributed by atoms with Gasteiger partial charge in [-0.2, -0.15) is 0 Å². The molecule has 0 fully saturated rings. The van der Waals surface area contributed by atoms with Gasteiger partial charge in [0.1, 0.15) is 5.75 Å². The standard InChI is InChI=1S/C14H16N2O2/c1-16-10-12(7-8-14(16)17)15-9-11-5-3-4-6-13(11)18-2/h3-8,10,15H,9H2,1-2H3. The highest BCUT2D eigenvalue weighted by molar-refractivity contribution is 5.43. The Balaban J connectivity index is 2.11. The fourth-order valence-corrected chi connectivity index (χ4v) is 1.74. The van der Waals surface area contributed by atoms with Crippen molar-refractivity contribution >= 4 is 5.69 Å². The monoisotopic (exact) mass is 244 g/mol. The molecule has 0 bridgehead atoms. The predicted octanol–water partition coefficient (Wildman–Crippen LogP) is 2.01. The molecule has 0 saturated carbocycles. The van der Waals surface area contributed by atoms with Crippen LogP contribution in [0.3, 0.4) is 0 Å². The number of aromatic nitrogens is 1. The molecule has 18 heavy (non-hydrogen) atoms. The van der Waals surface area contributed by atoms with Gasteiger partial charge in [-0.3, -0.25) is 4.79 Å². The van der Waals surface area contributed by atoms with Crippen LogP contribution < -0.4 is 15.6 Å². The van der Waals surface area contributed by atoms with Crippen LogP contribution in [0.4, 0.5) is 5.69 Å². The maximum absolute atomic E-state index is 11.3. The zero-order valence-electron chi connectivity index (χ0n) is 10.5. The number of ether oxygens (including phenoxy) is 1. The molecule has 0 unspecified atom stereocenters. The van der Waals surface area contributed by atoms with Crippen molar-refractivity contribution in [2.75, 3.05) is 12.4 Å². The van der Waals surface area contributed by atoms with E-state index in [1.807, 2.05) is 24.3 Å². The molecule has 1 N–H and O–H groups in total. The van der Waals surface area contributed by atoms with E-state index in [1.165, 1.54) is 0 Å². The van der Waals surface area contributed by atoms with E-state index in [4.69, 9.17) is 4.74 Å². The van der Waals surface area contributed by atoms with E-state index in [9.17, 15) is 4.79 Å². The van der Waals surface area contributed by atoms with Crippen LogP contribution in [0.25, 0.3) is 0 Å². The third-order valence-electron chi connectivity index (χ3n) is 2.76. The molecule has 0 amide bonds. The maximum atomic E-state index is 11.3. The first-order chi connectivity index (χ1) is 8.70. The molecule has 0 aliphatic rings. The zero-order chi connectivity index (χ0) is 13.0. The van der Waals surface area contributed by atoms with Crippen molar-refractivity contribution in [2.45, 2.75) is 6.54 Å². The zero-order valence-corrected chi connectivity index (χ0v) is 10.5. The highest BCUT2D eigenvalue weighted by atomic mass is 16.5. The minimum absolute atomic E-state index is 0.0159. The summed E-state index contributed by atoms with van der Waals surface area (Å²) in [6, 6.07) is 11.2. The Kier molecular flexibility index (Phi) is 3.67. The van der Waals surface area contributed by atoms with Gasteiger partial charge in [0.05, 0.1) is 12.8 Å². The van der Waals surface area contributed by atoms with Crippen molar-refractivity contribution < 1.29 is 4.74 Å². The van der Waals surface area contributed by atoms with Gasteiger partial charge in [0.2, 0.25) is 5.56 Å². The van der Waals surface area contributed by atoms with E-state index in [1.54, 1.807) is 37.1 Å². The lowest BCUT2D eigenvalue weighted by molar-refractivity contribution is 0.410. The van der Waals surface area contributed by atoms with Crippen molar-refractivity contribution in [3.63, 3.8) is 0 Å². The molecule has 94 valence electrons. The molecule has 0 radical (unpaired) electrons. The fourth-order valence-electron chi connectivity index (χ4n) is 1.74. The summed E-state index contributed by atoms with van der Waals surface area (Å²) in [5.74, 6) is 0.856. The summed E-state index contributed by atoms with van der Waals surface area (Å²) in [7, 11) is 3.39. The molecule has 4 nitrogen and oxygen atoms in total. The molecule has 1 aromatic heterocycles.